The number of nitrogens with zero attached hydrogens (tertiary/aromatic N) is 1. The van der Waals surface area contributed by atoms with Gasteiger partial charge in [0.05, 0.1) is 6.10 Å². The zero-order valence-electron chi connectivity index (χ0n) is 12.7. The van der Waals surface area contributed by atoms with Crippen molar-refractivity contribution in [3.8, 4) is 16.9 Å². The molecule has 0 radical (unpaired) electrons. The number of hydrogen-bond acceptors (Lipinski definition) is 3. The maximum absolute atomic E-state index is 12.0. The van der Waals surface area contributed by atoms with Gasteiger partial charge in [0, 0.05) is 17.8 Å². The van der Waals surface area contributed by atoms with Crippen molar-refractivity contribution >= 4 is 5.97 Å². The van der Waals surface area contributed by atoms with Crippen LogP contribution in [0.5, 0.6) is 5.75 Å². The molecule has 2 rings (SSSR count). The lowest BCUT2D eigenvalue weighted by molar-refractivity contribution is -0.137. The molecule has 0 bridgehead atoms. The van der Waals surface area contributed by atoms with Crippen LogP contribution in [-0.2, 0) is 11.3 Å². The van der Waals surface area contributed by atoms with Crippen molar-refractivity contribution in [2.24, 2.45) is 0 Å². The number of aromatic nitrogens is 1. The van der Waals surface area contributed by atoms with Gasteiger partial charge in [0.1, 0.15) is 12.3 Å². The van der Waals surface area contributed by atoms with Crippen molar-refractivity contribution in [3.63, 3.8) is 0 Å². The highest BCUT2D eigenvalue weighted by molar-refractivity contribution is 5.70. The van der Waals surface area contributed by atoms with E-state index in [4.69, 9.17) is 9.84 Å². The fourth-order valence-corrected chi connectivity index (χ4v) is 2.06. The SMILES string of the molecule is CCC(C)Oc1ccccc1-c1ccn(CC(=O)O)c(=O)c1. The Labute approximate surface area is 128 Å². The molecule has 0 aliphatic rings. The molecule has 5 heteroatoms. The number of carboxylic acid groups (broad SMARTS) is 1. The van der Waals surface area contributed by atoms with Crippen molar-refractivity contribution in [1.82, 2.24) is 4.57 Å². The largest absolute Gasteiger partial charge is 0.490 e. The second-order valence-corrected chi connectivity index (χ2v) is 5.11. The molecule has 22 heavy (non-hydrogen) atoms. The van der Waals surface area contributed by atoms with Crippen molar-refractivity contribution in [3.05, 3.63) is 52.9 Å². The Kier molecular flexibility index (Phi) is 4.99. The molecule has 2 aromatic rings. The van der Waals surface area contributed by atoms with Gasteiger partial charge in [0.15, 0.2) is 0 Å². The molecule has 1 N–H and O–H groups in total. The summed E-state index contributed by atoms with van der Waals surface area (Å²) in [7, 11) is 0. The summed E-state index contributed by atoms with van der Waals surface area (Å²) < 4.78 is 7.04. The number of aliphatic carboxylic acids is 1. The first kappa shape index (κ1) is 15.8. The van der Waals surface area contributed by atoms with Gasteiger partial charge in [-0.25, -0.2) is 0 Å². The molecular weight excluding hydrogens is 282 g/mol. The maximum Gasteiger partial charge on any atom is 0.323 e. The van der Waals surface area contributed by atoms with Gasteiger partial charge in [-0.05, 0) is 31.0 Å². The minimum absolute atomic E-state index is 0.0773. The Bertz CT molecular complexity index is 721. The van der Waals surface area contributed by atoms with E-state index in [9.17, 15) is 9.59 Å². The van der Waals surface area contributed by atoms with Gasteiger partial charge >= 0.3 is 5.97 Å². The summed E-state index contributed by atoms with van der Waals surface area (Å²) in [5.74, 6) is -0.331. The van der Waals surface area contributed by atoms with Crippen LogP contribution in [0.4, 0.5) is 0 Å². The van der Waals surface area contributed by atoms with Crippen molar-refractivity contribution in [2.75, 3.05) is 0 Å². The summed E-state index contributed by atoms with van der Waals surface area (Å²) in [6.07, 6.45) is 2.45. The van der Waals surface area contributed by atoms with Crippen LogP contribution >= 0.6 is 0 Å². The first-order valence-corrected chi connectivity index (χ1v) is 7.19. The Morgan fingerprint density at radius 2 is 2.05 bits per heavy atom. The van der Waals surface area contributed by atoms with Crippen LogP contribution in [0.2, 0.25) is 0 Å². The minimum atomic E-state index is -1.05. The van der Waals surface area contributed by atoms with Crippen molar-refractivity contribution in [1.29, 1.82) is 0 Å². The van der Waals surface area contributed by atoms with Gasteiger partial charge in [0.25, 0.3) is 5.56 Å². The summed E-state index contributed by atoms with van der Waals surface area (Å²) in [6, 6.07) is 10.7. The quantitative estimate of drug-likeness (QED) is 0.890. The Balaban J connectivity index is 2.38. The lowest BCUT2D eigenvalue weighted by Gasteiger charge is -2.16. The average molecular weight is 301 g/mol. The highest BCUT2D eigenvalue weighted by Crippen LogP contribution is 2.29. The molecule has 0 fully saturated rings. The standard InChI is InChI=1S/C17H19NO4/c1-3-12(2)22-15-7-5-4-6-14(15)13-8-9-18(11-17(20)21)16(19)10-13/h4-10,12H,3,11H2,1-2H3,(H,20,21). The smallest absolute Gasteiger partial charge is 0.323 e. The predicted molar refractivity (Wildman–Crippen MR) is 84.2 cm³/mol. The van der Waals surface area contributed by atoms with Crippen LogP contribution in [0.25, 0.3) is 11.1 Å². The van der Waals surface area contributed by atoms with E-state index >= 15 is 0 Å². The summed E-state index contributed by atoms with van der Waals surface area (Å²) in [5, 5.41) is 8.77. The molecule has 0 spiro atoms. The van der Waals surface area contributed by atoms with E-state index in [-0.39, 0.29) is 18.2 Å². The van der Waals surface area contributed by atoms with E-state index in [0.29, 0.717) is 11.3 Å². The third-order valence-corrected chi connectivity index (χ3v) is 3.40. The fourth-order valence-electron chi connectivity index (χ4n) is 2.06. The van der Waals surface area contributed by atoms with Crippen LogP contribution in [0.3, 0.4) is 0 Å². The summed E-state index contributed by atoms with van der Waals surface area (Å²) in [4.78, 5) is 22.7. The molecule has 1 unspecified atom stereocenters. The zero-order chi connectivity index (χ0) is 16.1. The Morgan fingerprint density at radius 3 is 2.68 bits per heavy atom. The van der Waals surface area contributed by atoms with Gasteiger partial charge < -0.3 is 14.4 Å². The zero-order valence-corrected chi connectivity index (χ0v) is 12.7. The number of rotatable bonds is 6. The van der Waals surface area contributed by atoms with E-state index in [0.717, 1.165) is 16.6 Å². The molecule has 0 aliphatic carbocycles. The van der Waals surface area contributed by atoms with E-state index in [1.165, 1.54) is 12.3 Å². The highest BCUT2D eigenvalue weighted by Gasteiger charge is 2.10. The number of para-hydroxylation sites is 1. The van der Waals surface area contributed by atoms with E-state index < -0.39 is 5.97 Å². The van der Waals surface area contributed by atoms with E-state index in [2.05, 4.69) is 0 Å². The lowest BCUT2D eigenvalue weighted by atomic mass is 10.1. The number of benzene rings is 1. The number of hydrogen-bond donors (Lipinski definition) is 1. The van der Waals surface area contributed by atoms with E-state index in [1.807, 2.05) is 38.1 Å². The van der Waals surface area contributed by atoms with Crippen LogP contribution in [0, 0.1) is 0 Å². The number of carbonyl (C=O) groups is 1. The molecule has 0 saturated heterocycles. The molecule has 1 aromatic heterocycles. The first-order chi connectivity index (χ1) is 10.5. The maximum atomic E-state index is 12.0. The fraction of sp³-hybridized carbons (Fsp3) is 0.294. The Hall–Kier alpha value is -2.56. The average Bonchev–Trinajstić information content (AvgIpc) is 2.49. The normalized spacial score (nSPS) is 11.9. The summed E-state index contributed by atoms with van der Waals surface area (Å²) >= 11 is 0. The molecule has 1 aromatic carbocycles. The lowest BCUT2D eigenvalue weighted by Crippen LogP contribution is -2.22. The van der Waals surface area contributed by atoms with Gasteiger partial charge in [-0.2, -0.15) is 0 Å². The molecule has 0 aliphatic heterocycles. The number of ether oxygens (including phenoxy) is 1. The molecule has 1 atom stereocenters. The third-order valence-electron chi connectivity index (χ3n) is 3.40. The number of carboxylic acids is 1. The van der Waals surface area contributed by atoms with Gasteiger partial charge in [-0.3, -0.25) is 9.59 Å². The molecule has 1 heterocycles. The second-order valence-electron chi connectivity index (χ2n) is 5.11. The van der Waals surface area contributed by atoms with Crippen LogP contribution in [0.15, 0.2) is 47.4 Å². The molecule has 116 valence electrons. The topological polar surface area (TPSA) is 68.5 Å². The van der Waals surface area contributed by atoms with Crippen LogP contribution < -0.4 is 10.3 Å². The monoisotopic (exact) mass is 301 g/mol. The van der Waals surface area contributed by atoms with E-state index in [1.54, 1.807) is 6.07 Å². The summed E-state index contributed by atoms with van der Waals surface area (Å²) in [6.45, 7) is 3.69. The van der Waals surface area contributed by atoms with Crippen LogP contribution in [-0.4, -0.2) is 21.7 Å². The highest BCUT2D eigenvalue weighted by atomic mass is 16.5. The Morgan fingerprint density at radius 1 is 1.32 bits per heavy atom. The van der Waals surface area contributed by atoms with Gasteiger partial charge in [-0.15, -0.1) is 0 Å². The second kappa shape index (κ2) is 6.93. The summed E-state index contributed by atoms with van der Waals surface area (Å²) in [5.41, 5.74) is 1.19. The van der Waals surface area contributed by atoms with Crippen molar-refractivity contribution in [2.45, 2.75) is 32.9 Å². The molecule has 5 nitrogen and oxygen atoms in total. The molecular formula is C17H19NO4. The molecule has 0 saturated carbocycles. The van der Waals surface area contributed by atoms with Crippen LogP contribution in [0.1, 0.15) is 20.3 Å². The third kappa shape index (κ3) is 3.75. The van der Waals surface area contributed by atoms with Crippen molar-refractivity contribution < 1.29 is 14.6 Å². The minimum Gasteiger partial charge on any atom is -0.490 e. The molecule has 0 amide bonds. The first-order valence-electron chi connectivity index (χ1n) is 7.19. The predicted octanol–water partition coefficient (Wildman–Crippen LogP) is 2.78. The van der Waals surface area contributed by atoms with Gasteiger partial charge in [0.2, 0.25) is 0 Å². The van der Waals surface area contributed by atoms with Gasteiger partial charge in [-0.1, -0.05) is 25.1 Å². The number of pyridine rings is 1.